The van der Waals surface area contributed by atoms with E-state index in [4.69, 9.17) is 21.7 Å². The van der Waals surface area contributed by atoms with Crippen LogP contribution in [0.1, 0.15) is 0 Å². The van der Waals surface area contributed by atoms with Crippen molar-refractivity contribution in [2.75, 3.05) is 18.6 Å². The van der Waals surface area contributed by atoms with Crippen molar-refractivity contribution in [3.8, 4) is 5.75 Å². The molecule has 3 aliphatic rings. The number of ketones is 1. The van der Waals surface area contributed by atoms with Crippen molar-refractivity contribution in [3.63, 3.8) is 0 Å². The maximum atomic E-state index is 12.6. The van der Waals surface area contributed by atoms with Gasteiger partial charge in [0.05, 0.1) is 30.3 Å². The first-order valence-electron chi connectivity index (χ1n) is 8.21. The van der Waals surface area contributed by atoms with E-state index in [0.29, 0.717) is 22.2 Å². The number of methoxy groups -OCH3 is 1. The second kappa shape index (κ2) is 6.51. The van der Waals surface area contributed by atoms with Gasteiger partial charge in [-0.1, -0.05) is 29.8 Å². The van der Waals surface area contributed by atoms with Crippen LogP contribution in [0.5, 0.6) is 5.75 Å². The molecule has 1 aromatic rings. The number of carbonyl (C=O) groups excluding carboxylic acids is 2. The average Bonchev–Trinajstić information content (AvgIpc) is 2.96. The number of benzene rings is 1. The lowest BCUT2D eigenvalue weighted by molar-refractivity contribution is -0.121. The van der Waals surface area contributed by atoms with Crippen molar-refractivity contribution in [1.29, 1.82) is 5.41 Å². The molecule has 27 heavy (non-hydrogen) atoms. The lowest BCUT2D eigenvalue weighted by atomic mass is 9.95. The predicted octanol–water partition coefficient (Wildman–Crippen LogP) is 2.24. The van der Waals surface area contributed by atoms with Crippen LogP contribution in [0, 0.1) is 11.3 Å². The molecule has 2 N–H and O–H groups in total. The fraction of sp³-hybridized carbons (Fsp3) is 0.158. The van der Waals surface area contributed by atoms with Crippen molar-refractivity contribution in [3.05, 3.63) is 58.9 Å². The molecule has 1 saturated heterocycles. The number of aliphatic imine (C=N–C) groups is 1. The summed E-state index contributed by atoms with van der Waals surface area (Å²) in [6.07, 6.45) is 7.03. The Kier molecular flexibility index (Phi) is 4.16. The molecular formula is C19H15ClN4O3. The van der Waals surface area contributed by atoms with E-state index in [1.54, 1.807) is 42.5 Å². The Balaban J connectivity index is 1.72. The normalized spacial score (nSPS) is 24.1. The maximum absolute atomic E-state index is 12.6. The number of amides is 1. The van der Waals surface area contributed by atoms with E-state index in [1.165, 1.54) is 12.0 Å². The molecule has 2 aliphatic heterocycles. The monoisotopic (exact) mass is 382 g/mol. The number of allylic oxidation sites excluding steroid dienone is 3. The van der Waals surface area contributed by atoms with Gasteiger partial charge in [-0.25, -0.2) is 4.99 Å². The molecular weight excluding hydrogens is 368 g/mol. The SMILES string of the molecule is COc1ccc(N2CC(=O)/C(=C3\N=C4C=CC=CC4C(=O)N3)C2=N)cc1Cl. The van der Waals surface area contributed by atoms with Crippen LogP contribution >= 0.6 is 11.6 Å². The van der Waals surface area contributed by atoms with Crippen LogP contribution in [-0.4, -0.2) is 36.9 Å². The topological polar surface area (TPSA) is 94.8 Å². The summed E-state index contributed by atoms with van der Waals surface area (Å²) in [5.74, 6) is -0.445. The molecule has 4 rings (SSSR count). The van der Waals surface area contributed by atoms with Gasteiger partial charge >= 0.3 is 0 Å². The van der Waals surface area contributed by atoms with Gasteiger partial charge in [0.2, 0.25) is 5.91 Å². The highest BCUT2D eigenvalue weighted by Crippen LogP contribution is 2.32. The van der Waals surface area contributed by atoms with Gasteiger partial charge in [0.25, 0.3) is 0 Å². The molecule has 8 heteroatoms. The number of halogens is 1. The summed E-state index contributed by atoms with van der Waals surface area (Å²) in [5, 5.41) is 11.5. The Bertz CT molecular complexity index is 1010. The van der Waals surface area contributed by atoms with Crippen LogP contribution in [0.25, 0.3) is 0 Å². The number of ether oxygens (including phenoxy) is 1. The molecule has 0 spiro atoms. The summed E-state index contributed by atoms with van der Waals surface area (Å²) < 4.78 is 5.13. The number of fused-ring (bicyclic) bond motifs is 1. The van der Waals surface area contributed by atoms with E-state index in [0.717, 1.165) is 0 Å². The molecule has 2 heterocycles. The molecule has 1 fully saturated rings. The molecule has 0 radical (unpaired) electrons. The zero-order valence-corrected chi connectivity index (χ0v) is 15.1. The fourth-order valence-corrected chi connectivity index (χ4v) is 3.44. The van der Waals surface area contributed by atoms with Crippen LogP contribution in [0.4, 0.5) is 5.69 Å². The molecule has 0 saturated carbocycles. The fourth-order valence-electron chi connectivity index (χ4n) is 3.19. The molecule has 0 aromatic heterocycles. The molecule has 7 nitrogen and oxygen atoms in total. The number of carbonyl (C=O) groups is 2. The van der Waals surface area contributed by atoms with Gasteiger partial charge in [-0.05, 0) is 24.3 Å². The van der Waals surface area contributed by atoms with Crippen molar-refractivity contribution in [1.82, 2.24) is 5.32 Å². The van der Waals surface area contributed by atoms with Crippen molar-refractivity contribution < 1.29 is 14.3 Å². The van der Waals surface area contributed by atoms with E-state index in [-0.39, 0.29) is 35.5 Å². The molecule has 0 bridgehead atoms. The minimum atomic E-state index is -0.471. The molecule has 1 aliphatic carbocycles. The first-order chi connectivity index (χ1) is 13.0. The standard InChI is InChI=1S/C19H15ClN4O3/c1-27-15-7-6-10(8-12(15)20)24-9-14(25)16(17(24)21)18-22-13-5-3-2-4-11(13)19(26)23-18/h2-8,11,21H,9H2,1H3,(H,23,26)/b18-16-,21-17?. The van der Waals surface area contributed by atoms with Gasteiger partial charge in [-0.3, -0.25) is 15.0 Å². The van der Waals surface area contributed by atoms with E-state index < -0.39 is 5.92 Å². The van der Waals surface area contributed by atoms with Gasteiger partial charge in [0.15, 0.2) is 5.78 Å². The van der Waals surface area contributed by atoms with Crippen LogP contribution in [-0.2, 0) is 9.59 Å². The smallest absolute Gasteiger partial charge is 0.238 e. The summed E-state index contributed by atoms with van der Waals surface area (Å²) in [6.45, 7) is -0.0276. The number of hydrogen-bond donors (Lipinski definition) is 2. The highest BCUT2D eigenvalue weighted by atomic mass is 35.5. The van der Waals surface area contributed by atoms with Gasteiger partial charge in [0, 0.05) is 5.69 Å². The minimum Gasteiger partial charge on any atom is -0.495 e. The maximum Gasteiger partial charge on any atom is 0.238 e. The van der Waals surface area contributed by atoms with E-state index >= 15 is 0 Å². The second-order valence-electron chi connectivity index (χ2n) is 6.15. The molecule has 1 amide bonds. The Morgan fingerprint density at radius 2 is 2.15 bits per heavy atom. The lowest BCUT2D eigenvalue weighted by Gasteiger charge is -2.23. The van der Waals surface area contributed by atoms with Crippen molar-refractivity contribution in [2.24, 2.45) is 10.9 Å². The summed E-state index contributed by atoms with van der Waals surface area (Å²) in [5.41, 5.74) is 1.22. The van der Waals surface area contributed by atoms with Crippen LogP contribution in [0.2, 0.25) is 5.02 Å². The molecule has 1 aromatic carbocycles. The van der Waals surface area contributed by atoms with Gasteiger partial charge < -0.3 is 15.0 Å². The summed E-state index contributed by atoms with van der Waals surface area (Å²) in [6, 6.07) is 5.02. The first-order valence-corrected chi connectivity index (χ1v) is 8.59. The number of rotatable bonds is 2. The third-order valence-electron chi connectivity index (χ3n) is 4.54. The summed E-state index contributed by atoms with van der Waals surface area (Å²) >= 11 is 6.16. The Morgan fingerprint density at radius 3 is 2.89 bits per heavy atom. The van der Waals surface area contributed by atoms with Crippen LogP contribution in [0.15, 0.2) is 58.9 Å². The Morgan fingerprint density at radius 1 is 1.33 bits per heavy atom. The number of Topliss-reactive ketones (excluding diaryl/α,β-unsaturated/α-hetero) is 1. The Hall–Kier alpha value is -3.19. The number of amidine groups is 1. The summed E-state index contributed by atoms with van der Waals surface area (Å²) in [4.78, 5) is 30.9. The Labute approximate surface area is 160 Å². The average molecular weight is 383 g/mol. The first kappa shape index (κ1) is 17.2. The third-order valence-corrected chi connectivity index (χ3v) is 4.83. The van der Waals surface area contributed by atoms with Crippen molar-refractivity contribution >= 4 is 40.5 Å². The van der Waals surface area contributed by atoms with E-state index in [2.05, 4.69) is 10.3 Å². The van der Waals surface area contributed by atoms with Crippen LogP contribution in [0.3, 0.4) is 0 Å². The number of hydrogen-bond acceptors (Lipinski definition) is 5. The van der Waals surface area contributed by atoms with Gasteiger partial charge in [0.1, 0.15) is 23.0 Å². The minimum absolute atomic E-state index is 0.0276. The lowest BCUT2D eigenvalue weighted by Crippen LogP contribution is -2.39. The highest BCUT2D eigenvalue weighted by molar-refractivity contribution is 6.35. The predicted molar refractivity (Wildman–Crippen MR) is 102 cm³/mol. The zero-order chi connectivity index (χ0) is 19.1. The van der Waals surface area contributed by atoms with E-state index in [9.17, 15) is 9.59 Å². The highest BCUT2D eigenvalue weighted by Gasteiger charge is 2.37. The number of anilines is 1. The van der Waals surface area contributed by atoms with Gasteiger partial charge in [-0.15, -0.1) is 0 Å². The van der Waals surface area contributed by atoms with Gasteiger partial charge in [-0.2, -0.15) is 0 Å². The van der Waals surface area contributed by atoms with E-state index in [1.807, 2.05) is 0 Å². The quantitative estimate of drug-likeness (QED) is 0.767. The number of nitrogens with one attached hydrogen (secondary N) is 2. The van der Waals surface area contributed by atoms with Crippen LogP contribution < -0.4 is 15.0 Å². The second-order valence-corrected chi connectivity index (χ2v) is 6.56. The largest absolute Gasteiger partial charge is 0.495 e. The molecule has 1 atom stereocenters. The summed E-state index contributed by atoms with van der Waals surface area (Å²) in [7, 11) is 1.51. The molecule has 136 valence electrons. The molecule has 1 unspecified atom stereocenters. The number of nitrogens with zero attached hydrogens (tertiary/aromatic N) is 2. The third kappa shape index (κ3) is 2.86. The van der Waals surface area contributed by atoms with Crippen molar-refractivity contribution in [2.45, 2.75) is 0 Å². The zero-order valence-electron chi connectivity index (χ0n) is 14.3.